The summed E-state index contributed by atoms with van der Waals surface area (Å²) in [5, 5.41) is 49.2. The predicted molar refractivity (Wildman–Crippen MR) is 181 cm³/mol. The van der Waals surface area contributed by atoms with E-state index in [9.17, 15) is 59.6 Å². The maximum Gasteiger partial charge on any atom is 0.271 e. The third kappa shape index (κ3) is 4.84. The molecule has 4 saturated heterocycles. The number of benzene rings is 4. The molecule has 0 N–H and O–H groups in total. The minimum Gasteiger partial charge on any atom is -0.274 e. The molecule has 4 aliphatic heterocycles. The van der Waals surface area contributed by atoms with Crippen molar-refractivity contribution in [3.8, 4) is 0 Å². The fraction of sp³-hybridized carbons (Fsp3) is 0.176. The smallest absolute Gasteiger partial charge is 0.271 e. The van der Waals surface area contributed by atoms with Crippen LogP contribution in [0.5, 0.6) is 0 Å². The number of carbonyl (C=O) groups is 4. The fourth-order valence-electron chi connectivity index (χ4n) is 8.08. The highest BCUT2D eigenvalue weighted by molar-refractivity contribution is 6.26. The van der Waals surface area contributed by atoms with E-state index in [-0.39, 0.29) is 33.9 Å². The maximum atomic E-state index is 14.6. The van der Waals surface area contributed by atoms with Crippen molar-refractivity contribution < 1.29 is 38.9 Å². The van der Waals surface area contributed by atoms with Gasteiger partial charge in [-0.1, -0.05) is 36.4 Å². The molecule has 0 radical (unpaired) electrons. The first kappa shape index (κ1) is 33.8. The van der Waals surface area contributed by atoms with Crippen LogP contribution in [0.2, 0.25) is 0 Å². The third-order valence-corrected chi connectivity index (χ3v) is 10.2. The number of hydrogen-bond acceptors (Lipinski definition) is 14. The molecule has 8 rings (SSSR count). The van der Waals surface area contributed by atoms with E-state index >= 15 is 0 Å². The van der Waals surface area contributed by atoms with E-state index in [1.54, 1.807) is 0 Å². The predicted octanol–water partition coefficient (Wildman–Crippen LogP) is 3.76. The zero-order valence-corrected chi connectivity index (χ0v) is 27.2. The SMILES string of the molecule is O=C1C2C(C(=O)N1c1cccc([N+](=O)[O-])c1)N1C(c3ccc([N+](=O)[O-])cc3)C3C(=O)N(c4cccc([N+](=O)[O-])c4)C(=O)C3N1C2c1ccc([N+](=O)[O-])cc1. The van der Waals surface area contributed by atoms with Gasteiger partial charge in [0.1, 0.15) is 12.1 Å². The largest absolute Gasteiger partial charge is 0.274 e. The highest BCUT2D eigenvalue weighted by Crippen LogP contribution is 2.60. The first-order valence-electron chi connectivity index (χ1n) is 16.1. The van der Waals surface area contributed by atoms with Crippen molar-refractivity contribution in [3.05, 3.63) is 149 Å². The monoisotopic (exact) mass is 734 g/mol. The summed E-state index contributed by atoms with van der Waals surface area (Å²) < 4.78 is 0. The molecule has 0 aromatic heterocycles. The normalized spacial score (nSPS) is 24.8. The second-order valence-corrected chi connectivity index (χ2v) is 12.9. The van der Waals surface area contributed by atoms with Gasteiger partial charge in [0.05, 0.1) is 55.0 Å². The van der Waals surface area contributed by atoms with Crippen molar-refractivity contribution in [1.29, 1.82) is 0 Å². The van der Waals surface area contributed by atoms with Gasteiger partial charge in [-0.3, -0.25) is 59.6 Å². The number of nitro benzene ring substituents is 4. The van der Waals surface area contributed by atoms with Crippen LogP contribution in [-0.2, 0) is 19.2 Å². The zero-order chi connectivity index (χ0) is 38.3. The topological polar surface area (TPSA) is 254 Å². The number of nitrogens with zero attached hydrogens (tertiary/aromatic N) is 8. The lowest BCUT2D eigenvalue weighted by Crippen LogP contribution is -2.50. The summed E-state index contributed by atoms with van der Waals surface area (Å²) in [5.41, 5.74) is -1.15. The number of amides is 4. The number of non-ortho nitro benzene ring substituents is 4. The molecule has 4 aromatic rings. The molecule has 4 amide bonds. The average Bonchev–Trinajstić information content (AvgIpc) is 3.83. The Kier molecular flexibility index (Phi) is 7.60. The van der Waals surface area contributed by atoms with E-state index in [4.69, 9.17) is 0 Å². The molecule has 4 aliphatic rings. The lowest BCUT2D eigenvalue weighted by Gasteiger charge is -2.35. The van der Waals surface area contributed by atoms with Gasteiger partial charge in [0.15, 0.2) is 0 Å². The highest BCUT2D eigenvalue weighted by Gasteiger charge is 2.73. The van der Waals surface area contributed by atoms with Crippen molar-refractivity contribution in [1.82, 2.24) is 10.0 Å². The van der Waals surface area contributed by atoms with Crippen LogP contribution in [-0.4, -0.2) is 65.4 Å². The summed E-state index contributed by atoms with van der Waals surface area (Å²) in [6.45, 7) is 0. The number of rotatable bonds is 8. The summed E-state index contributed by atoms with van der Waals surface area (Å²) >= 11 is 0. The van der Waals surface area contributed by atoms with Gasteiger partial charge in [-0.25, -0.2) is 19.8 Å². The quantitative estimate of drug-likeness (QED) is 0.142. The number of hydrazine groups is 1. The summed E-state index contributed by atoms with van der Waals surface area (Å²) in [7, 11) is 0. The van der Waals surface area contributed by atoms with Crippen LogP contribution in [0.15, 0.2) is 97.1 Å². The Bertz CT molecular complexity index is 2210. The van der Waals surface area contributed by atoms with E-state index in [1.807, 2.05) is 0 Å². The maximum absolute atomic E-state index is 14.6. The minimum absolute atomic E-state index is 0.113. The Morgan fingerprint density at radius 1 is 0.407 bits per heavy atom. The highest BCUT2D eigenvalue weighted by atomic mass is 16.6. The van der Waals surface area contributed by atoms with Crippen molar-refractivity contribution in [2.45, 2.75) is 24.2 Å². The fourth-order valence-corrected chi connectivity index (χ4v) is 8.08. The third-order valence-electron chi connectivity index (χ3n) is 10.2. The molecular weight excluding hydrogens is 712 g/mol. The molecule has 4 heterocycles. The molecule has 20 heteroatoms. The van der Waals surface area contributed by atoms with Crippen LogP contribution < -0.4 is 9.80 Å². The van der Waals surface area contributed by atoms with Gasteiger partial charge < -0.3 is 0 Å². The van der Waals surface area contributed by atoms with Gasteiger partial charge in [-0.05, 0) is 23.3 Å². The van der Waals surface area contributed by atoms with Crippen LogP contribution in [0, 0.1) is 52.3 Å². The number of carbonyl (C=O) groups excluding carboxylic acids is 4. The number of imide groups is 2. The van der Waals surface area contributed by atoms with Gasteiger partial charge in [-0.15, -0.1) is 0 Å². The molecule has 4 aromatic carbocycles. The summed E-state index contributed by atoms with van der Waals surface area (Å²) in [5.74, 6) is -5.99. The Balaban J connectivity index is 1.33. The van der Waals surface area contributed by atoms with Gasteiger partial charge >= 0.3 is 0 Å². The van der Waals surface area contributed by atoms with Crippen LogP contribution in [0.1, 0.15) is 23.2 Å². The first-order valence-corrected chi connectivity index (χ1v) is 16.1. The van der Waals surface area contributed by atoms with Crippen LogP contribution in [0.3, 0.4) is 0 Å². The molecular formula is C34H22N8O12. The molecule has 54 heavy (non-hydrogen) atoms. The van der Waals surface area contributed by atoms with Gasteiger partial charge in [0.2, 0.25) is 11.8 Å². The number of nitro groups is 4. The van der Waals surface area contributed by atoms with Crippen molar-refractivity contribution in [2.24, 2.45) is 11.8 Å². The molecule has 6 unspecified atom stereocenters. The average molecular weight is 735 g/mol. The molecule has 6 atom stereocenters. The summed E-state index contributed by atoms with van der Waals surface area (Å²) in [4.78, 5) is 103. The Labute approximate surface area is 300 Å². The second kappa shape index (κ2) is 12.1. The number of hydrogen-bond donors (Lipinski definition) is 0. The second-order valence-electron chi connectivity index (χ2n) is 12.9. The van der Waals surface area contributed by atoms with E-state index in [0.29, 0.717) is 0 Å². The van der Waals surface area contributed by atoms with Crippen molar-refractivity contribution in [2.75, 3.05) is 9.80 Å². The Hall–Kier alpha value is -7.32. The van der Waals surface area contributed by atoms with E-state index in [1.165, 1.54) is 94.9 Å². The standard InChI is InChI=1S/C34H22N8O12/c43-31-25-27(17-7-11-19(12-8-17)39(47)48)38-30-26(32(44)36(34(30)46)22-4-2-6-24(16-22)42(53)54)28(18-9-13-20(14-10-18)40(49)50)37(38)29(25)33(45)35(31)21-3-1-5-23(15-21)41(51)52/h1-16,25-30H. The molecule has 20 nitrogen and oxygen atoms in total. The lowest BCUT2D eigenvalue weighted by atomic mass is 9.84. The van der Waals surface area contributed by atoms with Gasteiger partial charge in [0.25, 0.3) is 34.6 Å². The van der Waals surface area contributed by atoms with Crippen molar-refractivity contribution in [3.63, 3.8) is 0 Å². The van der Waals surface area contributed by atoms with Crippen molar-refractivity contribution >= 4 is 57.8 Å². The van der Waals surface area contributed by atoms with Gasteiger partial charge in [-0.2, -0.15) is 0 Å². The summed E-state index contributed by atoms with van der Waals surface area (Å²) in [6, 6.07) is 14.5. The van der Waals surface area contributed by atoms with E-state index < -0.39 is 90.7 Å². The molecule has 0 aliphatic carbocycles. The van der Waals surface area contributed by atoms with Crippen LogP contribution >= 0.6 is 0 Å². The van der Waals surface area contributed by atoms with Crippen LogP contribution in [0.4, 0.5) is 34.1 Å². The van der Waals surface area contributed by atoms with Crippen LogP contribution in [0.25, 0.3) is 0 Å². The zero-order valence-electron chi connectivity index (χ0n) is 27.2. The van der Waals surface area contributed by atoms with Gasteiger partial charge in [0, 0.05) is 48.5 Å². The molecule has 0 saturated carbocycles. The Morgan fingerprint density at radius 3 is 1.06 bits per heavy atom. The van der Waals surface area contributed by atoms with E-state index in [2.05, 4.69) is 0 Å². The lowest BCUT2D eigenvalue weighted by molar-refractivity contribution is -0.385. The number of anilines is 2. The molecule has 0 spiro atoms. The minimum atomic E-state index is -1.44. The molecule has 0 bridgehead atoms. The molecule has 4 fully saturated rings. The van der Waals surface area contributed by atoms with E-state index in [0.717, 1.165) is 21.9 Å². The Morgan fingerprint density at radius 2 is 0.741 bits per heavy atom. The summed E-state index contributed by atoms with van der Waals surface area (Å²) in [6.07, 6.45) is 0. The number of fused-ring (bicyclic) bond motifs is 5. The molecule has 270 valence electrons. The first-order chi connectivity index (χ1) is 25.8.